The van der Waals surface area contributed by atoms with Crippen LogP contribution >= 0.6 is 0 Å². The first kappa shape index (κ1) is 14.3. The molecule has 0 rings (SSSR count). The molecule has 0 atom stereocenters. The minimum absolute atomic E-state index is 0.0986. The molecule has 2 N–H and O–H groups in total. The highest BCUT2D eigenvalue weighted by Crippen LogP contribution is 1.96. The summed E-state index contributed by atoms with van der Waals surface area (Å²) in [6, 6.07) is 0. The van der Waals surface area contributed by atoms with Gasteiger partial charge in [0.05, 0.1) is 6.54 Å². The van der Waals surface area contributed by atoms with Gasteiger partial charge in [-0.25, -0.2) is 0 Å². The number of nitrogens with zero attached hydrogens (tertiary/aromatic N) is 2. The Morgan fingerprint density at radius 2 is 2.00 bits per heavy atom. The van der Waals surface area contributed by atoms with Gasteiger partial charge in [-0.1, -0.05) is 26.2 Å². The molecule has 2 amide bonds. The summed E-state index contributed by atoms with van der Waals surface area (Å²) in [5.74, 6) is -0.833. The standard InChI is InChI=1S/C10H18N4O2/c1-2-3-4-5-6-12-9(15)7-13-10(16)8-14-11/h8H,2-7H2,1H3,(H,12,15)(H,13,16). The number of rotatable bonds is 8. The molecule has 0 aliphatic rings. The number of hydrogen-bond acceptors (Lipinski definition) is 2. The van der Waals surface area contributed by atoms with Crippen molar-refractivity contribution >= 4 is 18.0 Å². The van der Waals surface area contributed by atoms with Gasteiger partial charge in [-0.2, -0.15) is 4.79 Å². The SMILES string of the molecule is CCCCCCNC(=O)CNC(=O)C=[N+]=[N-]. The van der Waals surface area contributed by atoms with Gasteiger partial charge in [0.25, 0.3) is 0 Å². The zero-order valence-electron chi connectivity index (χ0n) is 9.53. The van der Waals surface area contributed by atoms with E-state index in [-0.39, 0.29) is 12.5 Å². The fraction of sp³-hybridized carbons (Fsp3) is 0.700. The molecule has 0 aromatic rings. The number of hydrogen-bond donors (Lipinski definition) is 2. The van der Waals surface area contributed by atoms with E-state index in [4.69, 9.17) is 5.53 Å². The number of carbonyl (C=O) groups is 2. The van der Waals surface area contributed by atoms with Gasteiger partial charge in [-0.15, -0.1) is 0 Å². The van der Waals surface area contributed by atoms with Crippen molar-refractivity contribution in [3.05, 3.63) is 5.53 Å². The van der Waals surface area contributed by atoms with Crippen LogP contribution in [0.3, 0.4) is 0 Å². The van der Waals surface area contributed by atoms with E-state index in [2.05, 4.69) is 22.3 Å². The van der Waals surface area contributed by atoms with Gasteiger partial charge in [-0.05, 0) is 6.42 Å². The molecule has 0 aliphatic heterocycles. The van der Waals surface area contributed by atoms with Crippen LogP contribution in [0.25, 0.3) is 5.53 Å². The summed E-state index contributed by atoms with van der Waals surface area (Å²) in [5, 5.41) is 4.95. The lowest BCUT2D eigenvalue weighted by Crippen LogP contribution is -2.37. The second kappa shape index (κ2) is 9.86. The summed E-state index contributed by atoms with van der Waals surface area (Å²) in [5.41, 5.74) is 8.03. The predicted octanol–water partition coefficient (Wildman–Crippen LogP) is 0.0997. The molecule has 6 nitrogen and oxygen atoms in total. The zero-order chi connectivity index (χ0) is 12.2. The monoisotopic (exact) mass is 226 g/mol. The van der Waals surface area contributed by atoms with Gasteiger partial charge >= 0.3 is 12.1 Å². The third kappa shape index (κ3) is 8.90. The van der Waals surface area contributed by atoms with Gasteiger partial charge in [0.1, 0.15) is 0 Å². The number of nitrogens with one attached hydrogen (secondary N) is 2. The Morgan fingerprint density at radius 1 is 1.25 bits per heavy atom. The number of amides is 2. The Balaban J connectivity index is 3.44. The van der Waals surface area contributed by atoms with Crippen molar-refractivity contribution in [1.82, 2.24) is 10.6 Å². The fourth-order valence-electron chi connectivity index (χ4n) is 1.11. The first-order chi connectivity index (χ1) is 7.70. The average Bonchev–Trinajstić information content (AvgIpc) is 2.26. The van der Waals surface area contributed by atoms with Gasteiger partial charge in [0, 0.05) is 6.54 Å². The Bertz CT molecular complexity index is 272. The molecule has 0 saturated heterocycles. The minimum atomic E-state index is -0.594. The predicted molar refractivity (Wildman–Crippen MR) is 59.8 cm³/mol. The fourth-order valence-corrected chi connectivity index (χ4v) is 1.11. The van der Waals surface area contributed by atoms with Crippen molar-refractivity contribution in [2.75, 3.05) is 13.1 Å². The van der Waals surface area contributed by atoms with Crippen molar-refractivity contribution in [3.8, 4) is 0 Å². The largest absolute Gasteiger partial charge is 0.361 e. The summed E-state index contributed by atoms with van der Waals surface area (Å²) in [6.07, 6.45) is 5.07. The number of carbonyl (C=O) groups excluding carboxylic acids is 2. The molecule has 16 heavy (non-hydrogen) atoms. The molecule has 0 spiro atoms. The van der Waals surface area contributed by atoms with Gasteiger partial charge in [0.2, 0.25) is 5.91 Å². The maximum atomic E-state index is 11.2. The van der Waals surface area contributed by atoms with Crippen LogP contribution in [0.5, 0.6) is 0 Å². The Kier molecular flexibility index (Phi) is 8.82. The van der Waals surface area contributed by atoms with E-state index in [1.807, 2.05) is 0 Å². The molecule has 0 aromatic heterocycles. The Hall–Kier alpha value is -1.68. The van der Waals surface area contributed by atoms with E-state index in [0.717, 1.165) is 19.3 Å². The van der Waals surface area contributed by atoms with Crippen LogP contribution in [0.1, 0.15) is 32.6 Å². The van der Waals surface area contributed by atoms with Crippen molar-refractivity contribution in [2.45, 2.75) is 32.6 Å². The summed E-state index contributed by atoms with van der Waals surface area (Å²) in [6.45, 7) is 2.65. The van der Waals surface area contributed by atoms with Crippen molar-refractivity contribution < 1.29 is 14.4 Å². The van der Waals surface area contributed by atoms with Crippen LogP contribution in [-0.4, -0.2) is 35.9 Å². The van der Waals surface area contributed by atoms with E-state index in [1.54, 1.807) is 0 Å². The van der Waals surface area contributed by atoms with Crippen LogP contribution in [0.4, 0.5) is 0 Å². The van der Waals surface area contributed by atoms with Crippen LogP contribution in [0, 0.1) is 0 Å². The molecule has 0 unspecified atom stereocenters. The molecular formula is C10H18N4O2. The molecule has 0 saturated carbocycles. The lowest BCUT2D eigenvalue weighted by Gasteiger charge is -2.04. The first-order valence-electron chi connectivity index (χ1n) is 5.42. The maximum Gasteiger partial charge on any atom is 0.344 e. The Morgan fingerprint density at radius 3 is 2.62 bits per heavy atom. The molecule has 90 valence electrons. The summed E-state index contributed by atoms with van der Waals surface area (Å²) >= 11 is 0. The van der Waals surface area contributed by atoms with E-state index in [1.165, 1.54) is 6.42 Å². The lowest BCUT2D eigenvalue weighted by atomic mass is 10.2. The van der Waals surface area contributed by atoms with Crippen LogP contribution in [0.15, 0.2) is 0 Å². The molecular weight excluding hydrogens is 208 g/mol. The van der Waals surface area contributed by atoms with Gasteiger partial charge in [-0.3, -0.25) is 9.59 Å². The minimum Gasteiger partial charge on any atom is -0.361 e. The van der Waals surface area contributed by atoms with E-state index >= 15 is 0 Å². The molecule has 0 heterocycles. The molecule has 0 aromatic carbocycles. The number of unbranched alkanes of at least 4 members (excludes halogenated alkanes) is 3. The van der Waals surface area contributed by atoms with E-state index in [9.17, 15) is 9.59 Å². The quantitative estimate of drug-likeness (QED) is 0.266. The highest BCUT2D eigenvalue weighted by molar-refractivity contribution is 6.24. The first-order valence-corrected chi connectivity index (χ1v) is 5.42. The van der Waals surface area contributed by atoms with Crippen LogP contribution in [0.2, 0.25) is 0 Å². The van der Waals surface area contributed by atoms with Crippen molar-refractivity contribution in [3.63, 3.8) is 0 Å². The highest BCUT2D eigenvalue weighted by Gasteiger charge is 2.04. The maximum absolute atomic E-state index is 11.2. The molecule has 0 bridgehead atoms. The summed E-state index contributed by atoms with van der Waals surface area (Å²) < 4.78 is 0. The lowest BCUT2D eigenvalue weighted by molar-refractivity contribution is -0.124. The third-order valence-electron chi connectivity index (χ3n) is 1.95. The molecule has 0 radical (unpaired) electrons. The summed E-state index contributed by atoms with van der Waals surface area (Å²) in [7, 11) is 0. The average molecular weight is 226 g/mol. The normalized spacial score (nSPS) is 9.06. The second-order valence-electron chi connectivity index (χ2n) is 3.37. The van der Waals surface area contributed by atoms with Gasteiger partial charge in [0.15, 0.2) is 0 Å². The van der Waals surface area contributed by atoms with Gasteiger partial charge < -0.3 is 16.2 Å². The van der Waals surface area contributed by atoms with Crippen LogP contribution < -0.4 is 10.6 Å². The van der Waals surface area contributed by atoms with Crippen LogP contribution in [-0.2, 0) is 9.59 Å². The van der Waals surface area contributed by atoms with Crippen molar-refractivity contribution in [1.29, 1.82) is 0 Å². The zero-order valence-corrected chi connectivity index (χ0v) is 9.53. The smallest absolute Gasteiger partial charge is 0.344 e. The Labute approximate surface area is 95.0 Å². The highest BCUT2D eigenvalue weighted by atomic mass is 16.2. The molecule has 0 aliphatic carbocycles. The molecule has 6 heteroatoms. The van der Waals surface area contributed by atoms with E-state index in [0.29, 0.717) is 12.8 Å². The van der Waals surface area contributed by atoms with E-state index < -0.39 is 5.91 Å². The topological polar surface area (TPSA) is 94.6 Å². The van der Waals surface area contributed by atoms with Crippen molar-refractivity contribution in [2.24, 2.45) is 0 Å². The molecule has 0 fully saturated rings. The summed E-state index contributed by atoms with van der Waals surface area (Å²) in [4.78, 5) is 24.5. The second-order valence-corrected chi connectivity index (χ2v) is 3.37. The third-order valence-corrected chi connectivity index (χ3v) is 1.95.